The van der Waals surface area contributed by atoms with Gasteiger partial charge in [0.25, 0.3) is 0 Å². The first-order valence-corrected chi connectivity index (χ1v) is 5.18. The first-order chi connectivity index (χ1) is 8.60. The molecule has 0 spiro atoms. The summed E-state index contributed by atoms with van der Waals surface area (Å²) in [5, 5.41) is 0. The second-order valence-corrected chi connectivity index (χ2v) is 3.69. The van der Waals surface area contributed by atoms with Gasteiger partial charge in [-0.15, -0.1) is 0 Å². The van der Waals surface area contributed by atoms with E-state index in [0.29, 0.717) is 11.8 Å². The fraction of sp³-hybridized carbons (Fsp3) is 0.154. The summed E-state index contributed by atoms with van der Waals surface area (Å²) in [4.78, 5) is 11.9. The van der Waals surface area contributed by atoms with Crippen molar-refractivity contribution in [2.45, 2.75) is 6.61 Å². The molecule has 2 rings (SSSR count). The van der Waals surface area contributed by atoms with Gasteiger partial charge in [0.05, 0.1) is 0 Å². The van der Waals surface area contributed by atoms with Gasteiger partial charge in [-0.25, -0.2) is 8.78 Å². The Balaban J connectivity index is 2.29. The van der Waals surface area contributed by atoms with Gasteiger partial charge in [0, 0.05) is 18.7 Å². The third-order valence-electron chi connectivity index (χ3n) is 2.30. The zero-order valence-electron chi connectivity index (χ0n) is 9.57. The lowest BCUT2D eigenvalue weighted by molar-refractivity contribution is 0.0999. The van der Waals surface area contributed by atoms with Crippen molar-refractivity contribution in [2.75, 3.05) is 7.11 Å². The number of carbonyl (C=O) groups excluding carboxylic acids is 1. The van der Waals surface area contributed by atoms with E-state index >= 15 is 0 Å². The van der Waals surface area contributed by atoms with Crippen LogP contribution in [-0.2, 0) is 11.3 Å². The number of rotatable bonds is 4. The van der Waals surface area contributed by atoms with Gasteiger partial charge in [-0.05, 0) is 24.3 Å². The van der Waals surface area contributed by atoms with E-state index in [1.165, 1.54) is 13.2 Å². The number of ether oxygens (including phenoxy) is 1. The fourth-order valence-corrected chi connectivity index (χ4v) is 1.55. The number of benzene rings is 1. The van der Waals surface area contributed by atoms with E-state index in [-0.39, 0.29) is 17.9 Å². The summed E-state index contributed by atoms with van der Waals surface area (Å²) >= 11 is 0. The molecule has 0 N–H and O–H groups in total. The number of hydrogen-bond acceptors (Lipinski definition) is 3. The number of carbonyl (C=O) groups is 1. The molecule has 2 aromatic rings. The molecule has 0 unspecified atom stereocenters. The minimum absolute atomic E-state index is 0.0204. The molecule has 0 amide bonds. The molecule has 0 fully saturated rings. The summed E-state index contributed by atoms with van der Waals surface area (Å²) in [5.74, 6) is -1.69. The van der Waals surface area contributed by atoms with Crippen molar-refractivity contribution in [3.63, 3.8) is 0 Å². The van der Waals surface area contributed by atoms with E-state index in [0.717, 1.165) is 12.1 Å². The van der Waals surface area contributed by atoms with E-state index in [4.69, 9.17) is 9.15 Å². The highest BCUT2D eigenvalue weighted by Gasteiger charge is 2.15. The first-order valence-electron chi connectivity index (χ1n) is 5.18. The lowest BCUT2D eigenvalue weighted by atomic mass is 10.1. The molecule has 1 aromatic carbocycles. The number of hydrogen-bond donors (Lipinski definition) is 0. The number of ketones is 1. The van der Waals surface area contributed by atoms with Gasteiger partial charge < -0.3 is 9.15 Å². The van der Waals surface area contributed by atoms with Gasteiger partial charge in [0.1, 0.15) is 24.0 Å². The molecule has 0 bridgehead atoms. The highest BCUT2D eigenvalue weighted by atomic mass is 19.1. The van der Waals surface area contributed by atoms with Crippen LogP contribution in [0, 0.1) is 11.6 Å². The molecule has 3 nitrogen and oxygen atoms in total. The van der Waals surface area contributed by atoms with Gasteiger partial charge in [-0.3, -0.25) is 4.79 Å². The lowest BCUT2D eigenvalue weighted by Crippen LogP contribution is -2.01. The van der Waals surface area contributed by atoms with E-state index < -0.39 is 17.4 Å². The van der Waals surface area contributed by atoms with Crippen molar-refractivity contribution in [3.8, 4) is 0 Å². The quantitative estimate of drug-likeness (QED) is 0.785. The molecule has 0 aliphatic rings. The SMILES string of the molecule is COCc1ccc(C(=O)c2cc(F)cc(F)c2)o1. The topological polar surface area (TPSA) is 39.4 Å². The molecule has 18 heavy (non-hydrogen) atoms. The lowest BCUT2D eigenvalue weighted by Gasteiger charge is -1.99. The summed E-state index contributed by atoms with van der Waals surface area (Å²) in [5.41, 5.74) is -0.0918. The number of furan rings is 1. The van der Waals surface area contributed by atoms with E-state index in [2.05, 4.69) is 0 Å². The Bertz CT molecular complexity index is 555. The van der Waals surface area contributed by atoms with E-state index in [9.17, 15) is 13.6 Å². The van der Waals surface area contributed by atoms with Gasteiger partial charge in [-0.2, -0.15) is 0 Å². The summed E-state index contributed by atoms with van der Waals surface area (Å²) in [7, 11) is 1.49. The number of halogens is 2. The Morgan fingerprint density at radius 3 is 2.50 bits per heavy atom. The third-order valence-corrected chi connectivity index (χ3v) is 2.30. The van der Waals surface area contributed by atoms with Crippen molar-refractivity contribution in [1.82, 2.24) is 0 Å². The maximum Gasteiger partial charge on any atom is 0.228 e. The monoisotopic (exact) mass is 252 g/mol. The van der Waals surface area contributed by atoms with Crippen LogP contribution in [-0.4, -0.2) is 12.9 Å². The van der Waals surface area contributed by atoms with Crippen LogP contribution >= 0.6 is 0 Å². The maximum absolute atomic E-state index is 13.0. The van der Waals surface area contributed by atoms with Crippen LogP contribution in [0.5, 0.6) is 0 Å². The fourth-order valence-electron chi connectivity index (χ4n) is 1.55. The van der Waals surface area contributed by atoms with E-state index in [1.807, 2.05) is 0 Å². The van der Waals surface area contributed by atoms with Crippen LogP contribution in [0.25, 0.3) is 0 Å². The minimum atomic E-state index is -0.804. The van der Waals surface area contributed by atoms with Crippen LogP contribution in [0.1, 0.15) is 21.9 Å². The normalized spacial score (nSPS) is 10.6. The van der Waals surface area contributed by atoms with Gasteiger partial charge in [0.2, 0.25) is 5.78 Å². The summed E-state index contributed by atoms with van der Waals surface area (Å²) in [6.07, 6.45) is 0. The molecule has 0 saturated carbocycles. The predicted molar refractivity (Wildman–Crippen MR) is 59.2 cm³/mol. The number of methoxy groups -OCH3 is 1. The summed E-state index contributed by atoms with van der Waals surface area (Å²) < 4.78 is 36.0. The molecular weight excluding hydrogens is 242 g/mol. The smallest absolute Gasteiger partial charge is 0.228 e. The van der Waals surface area contributed by atoms with Crippen LogP contribution < -0.4 is 0 Å². The molecule has 5 heteroatoms. The third kappa shape index (κ3) is 2.62. The van der Waals surface area contributed by atoms with Crippen molar-refractivity contribution < 1.29 is 22.7 Å². The highest BCUT2D eigenvalue weighted by molar-refractivity contribution is 6.07. The van der Waals surface area contributed by atoms with Crippen LogP contribution in [0.4, 0.5) is 8.78 Å². The van der Waals surface area contributed by atoms with Crippen molar-refractivity contribution in [1.29, 1.82) is 0 Å². The Kier molecular flexibility index (Phi) is 3.53. The average molecular weight is 252 g/mol. The zero-order valence-corrected chi connectivity index (χ0v) is 9.57. The molecule has 0 aliphatic carbocycles. The molecule has 0 aliphatic heterocycles. The zero-order chi connectivity index (χ0) is 13.1. The molecule has 0 saturated heterocycles. The second-order valence-electron chi connectivity index (χ2n) is 3.69. The summed E-state index contributed by atoms with van der Waals surface area (Å²) in [6, 6.07) is 5.65. The van der Waals surface area contributed by atoms with E-state index in [1.54, 1.807) is 6.07 Å². The highest BCUT2D eigenvalue weighted by Crippen LogP contribution is 2.16. The second kappa shape index (κ2) is 5.10. The first kappa shape index (κ1) is 12.4. The largest absolute Gasteiger partial charge is 0.455 e. The van der Waals surface area contributed by atoms with Crippen LogP contribution in [0.3, 0.4) is 0 Å². The average Bonchev–Trinajstić information content (AvgIpc) is 2.76. The van der Waals surface area contributed by atoms with Crippen molar-refractivity contribution >= 4 is 5.78 Å². The summed E-state index contributed by atoms with van der Waals surface area (Å²) in [6.45, 7) is 0.227. The van der Waals surface area contributed by atoms with Crippen LogP contribution in [0.2, 0.25) is 0 Å². The van der Waals surface area contributed by atoms with Gasteiger partial charge in [-0.1, -0.05) is 0 Å². The Morgan fingerprint density at radius 2 is 1.89 bits per heavy atom. The Labute approximate surface area is 102 Å². The van der Waals surface area contributed by atoms with Crippen molar-refractivity contribution in [3.05, 3.63) is 59.1 Å². The van der Waals surface area contributed by atoms with Gasteiger partial charge >= 0.3 is 0 Å². The molecular formula is C13H10F2O3. The Hall–Kier alpha value is -2.01. The molecule has 0 radical (unpaired) electrons. The van der Waals surface area contributed by atoms with Gasteiger partial charge in [0.15, 0.2) is 5.76 Å². The minimum Gasteiger partial charge on any atom is -0.455 e. The van der Waals surface area contributed by atoms with Crippen LogP contribution in [0.15, 0.2) is 34.7 Å². The molecule has 0 atom stereocenters. The molecule has 94 valence electrons. The predicted octanol–water partition coefficient (Wildman–Crippen LogP) is 2.94. The maximum atomic E-state index is 13.0. The molecule has 1 aromatic heterocycles. The standard InChI is InChI=1S/C13H10F2O3/c1-17-7-11-2-3-12(18-11)13(16)8-4-9(14)6-10(15)5-8/h2-6H,7H2,1H3. The Morgan fingerprint density at radius 1 is 1.22 bits per heavy atom. The van der Waals surface area contributed by atoms with Crippen molar-refractivity contribution in [2.24, 2.45) is 0 Å². The molecule has 1 heterocycles.